The van der Waals surface area contributed by atoms with Gasteiger partial charge >= 0.3 is 0 Å². The molecule has 144 valence electrons. The van der Waals surface area contributed by atoms with Gasteiger partial charge in [0.15, 0.2) is 0 Å². The van der Waals surface area contributed by atoms with Crippen molar-refractivity contribution in [3.63, 3.8) is 0 Å². The molecule has 1 amide bonds. The molecule has 0 aliphatic carbocycles. The number of rotatable bonds is 4. The van der Waals surface area contributed by atoms with Crippen LogP contribution in [0.3, 0.4) is 0 Å². The standard InChI is InChI=1S/C16H24N4O4S2/c1-11-17-13(8-25-11)15(21)19-7-12-6-14-16(9-19,24-12)10-20(26(14,22)23)5-4-18(2)3/h8,12,14H,4-7,9-10H2,1-3H3/t12-,14+,16+/m1/s1. The van der Waals surface area contributed by atoms with Crippen LogP contribution in [0.25, 0.3) is 0 Å². The Morgan fingerprint density at radius 2 is 2.23 bits per heavy atom. The Bertz CT molecular complexity index is 824. The van der Waals surface area contributed by atoms with Gasteiger partial charge in [0, 0.05) is 31.6 Å². The van der Waals surface area contributed by atoms with Gasteiger partial charge in [0.05, 0.1) is 17.7 Å². The Morgan fingerprint density at radius 1 is 1.46 bits per heavy atom. The second-order valence-electron chi connectivity index (χ2n) is 7.65. The number of carbonyl (C=O) groups excluding carboxylic acids is 1. The summed E-state index contributed by atoms with van der Waals surface area (Å²) in [5.74, 6) is -0.133. The molecular weight excluding hydrogens is 376 g/mol. The topological polar surface area (TPSA) is 83.1 Å². The van der Waals surface area contributed by atoms with E-state index in [1.807, 2.05) is 25.9 Å². The Hall–Kier alpha value is -1.07. The molecule has 0 radical (unpaired) electrons. The first-order chi connectivity index (χ1) is 12.2. The Morgan fingerprint density at radius 3 is 2.88 bits per heavy atom. The van der Waals surface area contributed by atoms with Crippen LogP contribution in [0.1, 0.15) is 21.9 Å². The van der Waals surface area contributed by atoms with Crippen LogP contribution >= 0.6 is 11.3 Å². The zero-order valence-corrected chi connectivity index (χ0v) is 16.8. The number of thiazole rings is 1. The molecule has 3 aliphatic heterocycles. The fraction of sp³-hybridized carbons (Fsp3) is 0.750. The summed E-state index contributed by atoms with van der Waals surface area (Å²) in [6.45, 7) is 4.03. The molecule has 3 saturated heterocycles. The van der Waals surface area contributed by atoms with Gasteiger partial charge in [0.1, 0.15) is 16.5 Å². The zero-order valence-electron chi connectivity index (χ0n) is 15.2. The smallest absolute Gasteiger partial charge is 0.273 e. The Balaban J connectivity index is 1.57. The molecule has 26 heavy (non-hydrogen) atoms. The monoisotopic (exact) mass is 400 g/mol. The molecule has 3 aliphatic rings. The van der Waals surface area contributed by atoms with Crippen LogP contribution in [0.4, 0.5) is 0 Å². The molecule has 10 heteroatoms. The minimum atomic E-state index is -3.40. The number of ether oxygens (including phenoxy) is 1. The number of morpholine rings is 1. The number of fused-ring (bicyclic) bond motifs is 1. The summed E-state index contributed by atoms with van der Waals surface area (Å²) in [5, 5.41) is 2.05. The average Bonchev–Trinajstić information content (AvgIpc) is 3.16. The van der Waals surface area contributed by atoms with E-state index >= 15 is 0 Å². The molecule has 3 fully saturated rings. The number of sulfonamides is 1. The van der Waals surface area contributed by atoms with Gasteiger partial charge in [-0.15, -0.1) is 11.3 Å². The van der Waals surface area contributed by atoms with E-state index in [0.29, 0.717) is 44.8 Å². The van der Waals surface area contributed by atoms with E-state index in [0.717, 1.165) is 5.01 Å². The Kier molecular flexibility index (Phi) is 4.39. The fourth-order valence-corrected chi connectivity index (χ4v) is 7.13. The molecular formula is C16H24N4O4S2. The van der Waals surface area contributed by atoms with Crippen LogP contribution in [0.5, 0.6) is 0 Å². The predicted octanol–water partition coefficient (Wildman–Crippen LogP) is 0.0106. The molecule has 2 bridgehead atoms. The molecule has 4 rings (SSSR count). The number of likely N-dealkylation sites (N-methyl/N-ethyl adjacent to an activating group) is 1. The molecule has 1 aromatic heterocycles. The van der Waals surface area contributed by atoms with Crippen LogP contribution < -0.4 is 0 Å². The third-order valence-corrected chi connectivity index (χ3v) is 8.58. The Labute approximate surface area is 157 Å². The third kappa shape index (κ3) is 2.88. The number of aromatic nitrogens is 1. The maximum atomic E-state index is 13.0. The molecule has 1 aromatic rings. The van der Waals surface area contributed by atoms with Gasteiger partial charge in [0.2, 0.25) is 10.0 Å². The highest BCUT2D eigenvalue weighted by atomic mass is 32.2. The van der Waals surface area contributed by atoms with Crippen molar-refractivity contribution in [3.05, 3.63) is 16.1 Å². The number of hydrogen-bond acceptors (Lipinski definition) is 7. The van der Waals surface area contributed by atoms with Crippen LogP contribution in [-0.4, -0.2) is 97.2 Å². The highest BCUT2D eigenvalue weighted by Crippen LogP contribution is 2.46. The van der Waals surface area contributed by atoms with Crippen molar-refractivity contribution in [1.82, 2.24) is 19.1 Å². The van der Waals surface area contributed by atoms with Gasteiger partial charge in [-0.3, -0.25) is 4.79 Å². The minimum Gasteiger partial charge on any atom is -0.365 e. The lowest BCUT2D eigenvalue weighted by Crippen LogP contribution is -2.56. The summed E-state index contributed by atoms with van der Waals surface area (Å²) >= 11 is 1.44. The number of hydrogen-bond donors (Lipinski definition) is 0. The molecule has 0 unspecified atom stereocenters. The van der Waals surface area contributed by atoms with Crippen molar-refractivity contribution in [1.29, 1.82) is 0 Å². The fourth-order valence-electron chi connectivity index (χ4n) is 4.24. The largest absolute Gasteiger partial charge is 0.365 e. The zero-order chi connectivity index (χ0) is 18.7. The van der Waals surface area contributed by atoms with Crippen LogP contribution in [0.2, 0.25) is 0 Å². The van der Waals surface area contributed by atoms with E-state index in [-0.39, 0.29) is 12.0 Å². The normalized spacial score (nSPS) is 33.0. The van der Waals surface area contributed by atoms with Crippen molar-refractivity contribution in [2.75, 3.05) is 46.8 Å². The summed E-state index contributed by atoms with van der Waals surface area (Å²) in [6, 6.07) is 0. The quantitative estimate of drug-likeness (QED) is 0.708. The van der Waals surface area contributed by atoms with Crippen molar-refractivity contribution in [2.45, 2.75) is 30.3 Å². The molecule has 4 heterocycles. The second-order valence-corrected chi connectivity index (χ2v) is 10.8. The van der Waals surface area contributed by atoms with E-state index in [4.69, 9.17) is 4.74 Å². The van der Waals surface area contributed by atoms with Crippen molar-refractivity contribution >= 4 is 27.3 Å². The average molecular weight is 401 g/mol. The van der Waals surface area contributed by atoms with E-state index in [1.54, 1.807) is 10.3 Å². The third-order valence-electron chi connectivity index (χ3n) is 5.43. The highest BCUT2D eigenvalue weighted by Gasteiger charge is 2.65. The number of aryl methyl sites for hydroxylation is 1. The predicted molar refractivity (Wildman–Crippen MR) is 97.8 cm³/mol. The van der Waals surface area contributed by atoms with Crippen molar-refractivity contribution < 1.29 is 17.9 Å². The lowest BCUT2D eigenvalue weighted by molar-refractivity contribution is -0.0978. The van der Waals surface area contributed by atoms with Gasteiger partial charge in [-0.05, 0) is 27.4 Å². The van der Waals surface area contributed by atoms with Gasteiger partial charge in [0.25, 0.3) is 5.91 Å². The summed E-state index contributed by atoms with van der Waals surface area (Å²) < 4.78 is 33.7. The first-order valence-corrected chi connectivity index (χ1v) is 11.1. The summed E-state index contributed by atoms with van der Waals surface area (Å²) in [6.07, 6.45) is 0.240. The van der Waals surface area contributed by atoms with E-state index in [1.165, 1.54) is 15.6 Å². The lowest BCUT2D eigenvalue weighted by atomic mass is 9.99. The molecule has 1 spiro atoms. The first kappa shape index (κ1) is 18.3. The highest BCUT2D eigenvalue weighted by molar-refractivity contribution is 7.90. The maximum absolute atomic E-state index is 13.0. The van der Waals surface area contributed by atoms with Gasteiger partial charge in [-0.1, -0.05) is 0 Å². The molecule has 8 nitrogen and oxygen atoms in total. The van der Waals surface area contributed by atoms with Gasteiger partial charge < -0.3 is 14.5 Å². The van der Waals surface area contributed by atoms with E-state index < -0.39 is 20.9 Å². The number of likely N-dealkylation sites (tertiary alicyclic amines) is 1. The number of carbonyl (C=O) groups is 1. The SMILES string of the molecule is Cc1nc(C(=O)N2C[C@H]3C[C@H]4[C@](C2)(CN(CCN(C)C)S4(=O)=O)O3)cs1. The molecule has 0 saturated carbocycles. The van der Waals surface area contributed by atoms with Crippen LogP contribution in [0, 0.1) is 6.92 Å². The van der Waals surface area contributed by atoms with Gasteiger partial charge in [-0.2, -0.15) is 4.31 Å². The van der Waals surface area contributed by atoms with Crippen molar-refractivity contribution in [2.24, 2.45) is 0 Å². The van der Waals surface area contributed by atoms with Gasteiger partial charge in [-0.25, -0.2) is 13.4 Å². The van der Waals surface area contributed by atoms with Crippen molar-refractivity contribution in [3.8, 4) is 0 Å². The molecule has 3 atom stereocenters. The van der Waals surface area contributed by atoms with E-state index in [2.05, 4.69) is 4.98 Å². The lowest BCUT2D eigenvalue weighted by Gasteiger charge is -2.39. The van der Waals surface area contributed by atoms with Crippen LogP contribution in [-0.2, 0) is 14.8 Å². The maximum Gasteiger partial charge on any atom is 0.273 e. The first-order valence-electron chi connectivity index (χ1n) is 8.74. The van der Waals surface area contributed by atoms with E-state index in [9.17, 15) is 13.2 Å². The second kappa shape index (κ2) is 6.23. The minimum absolute atomic E-state index is 0.133. The van der Waals surface area contributed by atoms with Crippen LogP contribution in [0.15, 0.2) is 5.38 Å². The number of nitrogens with zero attached hydrogens (tertiary/aromatic N) is 4. The number of amides is 1. The molecule has 0 N–H and O–H groups in total. The summed E-state index contributed by atoms with van der Waals surface area (Å²) in [7, 11) is 0.440. The molecule has 0 aromatic carbocycles. The summed E-state index contributed by atoms with van der Waals surface area (Å²) in [5.41, 5.74) is -0.374. The summed E-state index contributed by atoms with van der Waals surface area (Å²) in [4.78, 5) is 20.8.